The maximum absolute atomic E-state index is 12.1. The van der Waals surface area contributed by atoms with Crippen molar-refractivity contribution in [2.24, 2.45) is 5.92 Å². The van der Waals surface area contributed by atoms with E-state index in [2.05, 4.69) is 10.7 Å². The summed E-state index contributed by atoms with van der Waals surface area (Å²) >= 11 is 1.64. The minimum absolute atomic E-state index is 0.113. The van der Waals surface area contributed by atoms with E-state index in [-0.39, 0.29) is 5.56 Å². The molecule has 4 heteroatoms. The van der Waals surface area contributed by atoms with Crippen molar-refractivity contribution in [2.75, 3.05) is 5.32 Å². The molecule has 0 bridgehead atoms. The molecule has 0 unspecified atom stereocenters. The number of pyridine rings is 1. The van der Waals surface area contributed by atoms with Crippen LogP contribution in [0.4, 0.5) is 11.4 Å². The zero-order chi connectivity index (χ0) is 14.2. The van der Waals surface area contributed by atoms with Crippen molar-refractivity contribution in [3.05, 3.63) is 58.2 Å². The quantitative estimate of drug-likeness (QED) is 0.782. The van der Waals surface area contributed by atoms with Gasteiger partial charge in [-0.15, -0.1) is 11.3 Å². The number of nitrogens with zero attached hydrogens (tertiary/aromatic N) is 1. The number of aromatic nitrogens is 1. The molecule has 21 heavy (non-hydrogen) atoms. The molecule has 0 aliphatic heterocycles. The first-order chi connectivity index (χ1) is 10.3. The van der Waals surface area contributed by atoms with Crippen LogP contribution in [-0.4, -0.2) is 4.57 Å². The van der Waals surface area contributed by atoms with E-state index in [0.29, 0.717) is 5.92 Å². The van der Waals surface area contributed by atoms with E-state index in [1.54, 1.807) is 17.4 Å². The van der Waals surface area contributed by atoms with Crippen molar-refractivity contribution in [1.29, 1.82) is 0 Å². The monoisotopic (exact) mass is 296 g/mol. The third-order valence-electron chi connectivity index (χ3n) is 3.90. The van der Waals surface area contributed by atoms with Crippen LogP contribution in [0.5, 0.6) is 0 Å². The molecular formula is C17H16N2OS. The molecule has 0 saturated heterocycles. The van der Waals surface area contributed by atoms with Crippen LogP contribution in [0.3, 0.4) is 0 Å². The van der Waals surface area contributed by atoms with Gasteiger partial charge in [-0.2, -0.15) is 0 Å². The first-order valence-corrected chi connectivity index (χ1v) is 8.12. The van der Waals surface area contributed by atoms with Gasteiger partial charge >= 0.3 is 0 Å². The summed E-state index contributed by atoms with van der Waals surface area (Å²) in [4.78, 5) is 13.2. The number of nitrogens with one attached hydrogen (secondary N) is 1. The molecule has 3 nitrogen and oxygen atoms in total. The van der Waals surface area contributed by atoms with Crippen LogP contribution < -0.4 is 10.9 Å². The second kappa shape index (κ2) is 5.04. The van der Waals surface area contributed by atoms with Crippen LogP contribution in [0.25, 0.3) is 10.2 Å². The zero-order valence-corrected chi connectivity index (χ0v) is 12.4. The number of benzene rings is 1. The number of hydrogen-bond acceptors (Lipinski definition) is 3. The molecule has 2 heterocycles. The van der Waals surface area contributed by atoms with E-state index in [1.807, 2.05) is 41.0 Å². The lowest BCUT2D eigenvalue weighted by Crippen LogP contribution is -2.19. The lowest BCUT2D eigenvalue weighted by molar-refractivity contribution is 0.630. The molecule has 0 amide bonds. The average molecular weight is 296 g/mol. The van der Waals surface area contributed by atoms with Crippen LogP contribution in [0, 0.1) is 5.92 Å². The number of thiophene rings is 1. The molecule has 0 radical (unpaired) electrons. The molecular weight excluding hydrogens is 280 g/mol. The van der Waals surface area contributed by atoms with Gasteiger partial charge in [0.05, 0.1) is 5.69 Å². The molecule has 1 saturated carbocycles. The Labute approximate surface area is 126 Å². The van der Waals surface area contributed by atoms with E-state index in [9.17, 15) is 4.79 Å². The summed E-state index contributed by atoms with van der Waals surface area (Å²) in [6, 6.07) is 13.7. The van der Waals surface area contributed by atoms with Crippen LogP contribution in [-0.2, 0) is 6.54 Å². The zero-order valence-electron chi connectivity index (χ0n) is 11.6. The molecule has 2 aromatic heterocycles. The maximum atomic E-state index is 12.1. The normalized spacial score (nSPS) is 14.5. The van der Waals surface area contributed by atoms with E-state index in [4.69, 9.17) is 0 Å². The summed E-state index contributed by atoms with van der Waals surface area (Å²) in [5, 5.41) is 6.66. The van der Waals surface area contributed by atoms with E-state index in [0.717, 1.165) is 28.1 Å². The minimum atomic E-state index is 0.113. The van der Waals surface area contributed by atoms with Crippen molar-refractivity contribution >= 4 is 32.9 Å². The highest BCUT2D eigenvalue weighted by Crippen LogP contribution is 2.35. The predicted octanol–water partition coefficient (Wildman–Crippen LogP) is 4.22. The van der Waals surface area contributed by atoms with Gasteiger partial charge in [0, 0.05) is 29.1 Å². The Hall–Kier alpha value is -2.07. The molecule has 106 valence electrons. The summed E-state index contributed by atoms with van der Waals surface area (Å²) in [6.45, 7) is 0.863. The first-order valence-electron chi connectivity index (χ1n) is 7.24. The van der Waals surface area contributed by atoms with Crippen molar-refractivity contribution in [3.8, 4) is 0 Å². The second-order valence-electron chi connectivity index (χ2n) is 5.58. The topological polar surface area (TPSA) is 34.0 Å². The predicted molar refractivity (Wildman–Crippen MR) is 88.5 cm³/mol. The van der Waals surface area contributed by atoms with Gasteiger partial charge in [-0.1, -0.05) is 18.2 Å². The molecule has 0 atom stereocenters. The Balaban J connectivity index is 1.76. The van der Waals surface area contributed by atoms with Crippen molar-refractivity contribution < 1.29 is 0 Å². The fourth-order valence-electron chi connectivity index (χ4n) is 2.58. The fraction of sp³-hybridized carbons (Fsp3) is 0.235. The Morgan fingerprint density at radius 2 is 1.95 bits per heavy atom. The van der Waals surface area contributed by atoms with Crippen LogP contribution >= 0.6 is 11.3 Å². The Morgan fingerprint density at radius 1 is 1.14 bits per heavy atom. The van der Waals surface area contributed by atoms with E-state index < -0.39 is 0 Å². The molecule has 1 aliphatic carbocycles. The Bertz CT molecular complexity index is 831. The lowest BCUT2D eigenvalue weighted by atomic mass is 10.2. The van der Waals surface area contributed by atoms with Gasteiger partial charge in [-0.3, -0.25) is 9.36 Å². The SMILES string of the molecule is O=c1ccc2c(Nc3ccccc3)csc2n1CC1CC1. The maximum Gasteiger partial charge on any atom is 0.251 e. The molecule has 0 spiro atoms. The van der Waals surface area contributed by atoms with Crippen LogP contribution in [0.15, 0.2) is 52.6 Å². The standard InChI is InChI=1S/C17H16N2OS/c20-16-9-8-14-15(18-13-4-2-1-3-5-13)11-21-17(14)19(16)10-12-6-7-12/h1-5,8-9,11-12,18H,6-7,10H2. The Kier molecular flexibility index (Phi) is 3.04. The van der Waals surface area contributed by atoms with Gasteiger partial charge in [0.15, 0.2) is 0 Å². The molecule has 3 aromatic rings. The molecule has 1 aliphatic rings. The highest BCUT2D eigenvalue weighted by Gasteiger charge is 2.23. The molecule has 1 N–H and O–H groups in total. The average Bonchev–Trinajstić information content (AvgIpc) is 3.24. The number of hydrogen-bond donors (Lipinski definition) is 1. The van der Waals surface area contributed by atoms with E-state index >= 15 is 0 Å². The number of para-hydroxylation sites is 1. The summed E-state index contributed by atoms with van der Waals surface area (Å²) in [5.41, 5.74) is 2.26. The molecule has 1 fully saturated rings. The van der Waals surface area contributed by atoms with Crippen molar-refractivity contribution in [3.63, 3.8) is 0 Å². The van der Waals surface area contributed by atoms with Crippen LogP contribution in [0.1, 0.15) is 12.8 Å². The number of anilines is 2. The minimum Gasteiger partial charge on any atom is -0.354 e. The smallest absolute Gasteiger partial charge is 0.251 e. The van der Waals surface area contributed by atoms with Gasteiger partial charge in [0.25, 0.3) is 5.56 Å². The molecule has 4 rings (SSSR count). The Morgan fingerprint density at radius 3 is 2.71 bits per heavy atom. The summed E-state index contributed by atoms with van der Waals surface area (Å²) < 4.78 is 1.94. The summed E-state index contributed by atoms with van der Waals surface area (Å²) in [7, 11) is 0. The lowest BCUT2D eigenvalue weighted by Gasteiger charge is -2.08. The number of fused-ring (bicyclic) bond motifs is 1. The van der Waals surface area contributed by atoms with Gasteiger partial charge in [-0.05, 0) is 37.0 Å². The van der Waals surface area contributed by atoms with Gasteiger partial charge in [-0.25, -0.2) is 0 Å². The fourth-order valence-corrected chi connectivity index (χ4v) is 3.59. The van der Waals surface area contributed by atoms with Crippen molar-refractivity contribution in [2.45, 2.75) is 19.4 Å². The third kappa shape index (κ3) is 2.47. The highest BCUT2D eigenvalue weighted by molar-refractivity contribution is 7.17. The highest BCUT2D eigenvalue weighted by atomic mass is 32.1. The van der Waals surface area contributed by atoms with Crippen LogP contribution in [0.2, 0.25) is 0 Å². The third-order valence-corrected chi connectivity index (χ3v) is 4.92. The van der Waals surface area contributed by atoms with Gasteiger partial charge < -0.3 is 5.32 Å². The summed E-state index contributed by atoms with van der Waals surface area (Å²) in [5.74, 6) is 0.695. The summed E-state index contributed by atoms with van der Waals surface area (Å²) in [6.07, 6.45) is 2.51. The molecule has 1 aromatic carbocycles. The first kappa shape index (κ1) is 12.7. The van der Waals surface area contributed by atoms with E-state index in [1.165, 1.54) is 12.8 Å². The largest absolute Gasteiger partial charge is 0.354 e. The van der Waals surface area contributed by atoms with Gasteiger partial charge in [0.1, 0.15) is 4.83 Å². The van der Waals surface area contributed by atoms with Crippen molar-refractivity contribution in [1.82, 2.24) is 4.57 Å². The van der Waals surface area contributed by atoms with Gasteiger partial charge in [0.2, 0.25) is 0 Å². The second-order valence-corrected chi connectivity index (χ2v) is 6.44. The number of rotatable bonds is 4.